The lowest BCUT2D eigenvalue weighted by Crippen LogP contribution is -1.94. The fourth-order valence-corrected chi connectivity index (χ4v) is 1.46. The molecule has 0 atom stereocenters. The van der Waals surface area contributed by atoms with Crippen LogP contribution >= 0.6 is 15.9 Å². The Kier molecular flexibility index (Phi) is 2.45. The zero-order valence-corrected chi connectivity index (χ0v) is 8.10. The summed E-state index contributed by atoms with van der Waals surface area (Å²) >= 11 is 3.36. The minimum absolute atomic E-state index is 0.0978. The molecule has 0 bridgehead atoms. The predicted octanol–water partition coefficient (Wildman–Crippen LogP) is 2.96. The van der Waals surface area contributed by atoms with Crippen LogP contribution in [0.4, 0.5) is 0 Å². The third-order valence-electron chi connectivity index (χ3n) is 1.57. The minimum atomic E-state index is 0.0978. The lowest BCUT2D eigenvalue weighted by atomic mass is 10.1. The van der Waals surface area contributed by atoms with Crippen LogP contribution in [0.5, 0.6) is 0 Å². The van der Waals surface area contributed by atoms with Gasteiger partial charge < -0.3 is 0 Å². The highest BCUT2D eigenvalue weighted by molar-refractivity contribution is 9.10. The van der Waals surface area contributed by atoms with E-state index in [1.807, 2.05) is 25.1 Å². The summed E-state index contributed by atoms with van der Waals surface area (Å²) < 4.78 is 0.910. The molecule has 58 valence electrons. The van der Waals surface area contributed by atoms with Gasteiger partial charge in [0.25, 0.3) is 0 Å². The summed E-state index contributed by atoms with van der Waals surface area (Å²) in [5.74, 6) is 0.0978. The monoisotopic (exact) mass is 212 g/mol. The first-order valence-corrected chi connectivity index (χ1v) is 4.18. The average Bonchev–Trinajstić information content (AvgIpc) is 1.94. The summed E-state index contributed by atoms with van der Waals surface area (Å²) in [6.07, 6.45) is 0. The highest BCUT2D eigenvalue weighted by Gasteiger charge is 2.05. The van der Waals surface area contributed by atoms with Crippen LogP contribution in [0.25, 0.3) is 0 Å². The van der Waals surface area contributed by atoms with Crippen molar-refractivity contribution in [1.82, 2.24) is 0 Å². The number of carbonyl (C=O) groups is 1. The fraction of sp³-hybridized carbons (Fsp3) is 0.222. The van der Waals surface area contributed by atoms with Gasteiger partial charge in [-0.25, -0.2) is 0 Å². The Morgan fingerprint density at radius 1 is 1.45 bits per heavy atom. The molecule has 0 saturated carbocycles. The van der Waals surface area contributed by atoms with Gasteiger partial charge in [0.2, 0.25) is 0 Å². The normalized spacial score (nSPS) is 9.73. The van der Waals surface area contributed by atoms with Crippen molar-refractivity contribution in [3.63, 3.8) is 0 Å². The van der Waals surface area contributed by atoms with Crippen LogP contribution in [0.1, 0.15) is 22.8 Å². The van der Waals surface area contributed by atoms with Crippen LogP contribution in [-0.2, 0) is 0 Å². The van der Waals surface area contributed by atoms with Gasteiger partial charge >= 0.3 is 0 Å². The van der Waals surface area contributed by atoms with Crippen molar-refractivity contribution in [1.29, 1.82) is 0 Å². The van der Waals surface area contributed by atoms with Gasteiger partial charge in [-0.3, -0.25) is 4.79 Å². The number of hydrogen-bond acceptors (Lipinski definition) is 1. The van der Waals surface area contributed by atoms with Crippen molar-refractivity contribution < 1.29 is 4.79 Å². The molecule has 1 aromatic carbocycles. The first kappa shape index (κ1) is 8.47. The van der Waals surface area contributed by atoms with Crippen LogP contribution in [0.15, 0.2) is 22.7 Å². The molecule has 2 heteroatoms. The third kappa shape index (κ3) is 1.69. The first-order valence-electron chi connectivity index (χ1n) is 3.39. The highest BCUT2D eigenvalue weighted by atomic mass is 79.9. The molecule has 1 aromatic rings. The lowest BCUT2D eigenvalue weighted by Gasteiger charge is -2.01. The van der Waals surface area contributed by atoms with Crippen LogP contribution < -0.4 is 0 Å². The lowest BCUT2D eigenvalue weighted by molar-refractivity contribution is 0.101. The maximum absolute atomic E-state index is 11.0. The second kappa shape index (κ2) is 3.18. The molecule has 0 aromatic heterocycles. The predicted molar refractivity (Wildman–Crippen MR) is 48.9 cm³/mol. The van der Waals surface area contributed by atoms with E-state index in [9.17, 15) is 4.79 Å². The topological polar surface area (TPSA) is 17.1 Å². The zero-order chi connectivity index (χ0) is 8.43. The van der Waals surface area contributed by atoms with Gasteiger partial charge in [-0.05, 0) is 35.3 Å². The molecular weight excluding hydrogens is 204 g/mol. The van der Waals surface area contributed by atoms with Gasteiger partial charge in [-0.15, -0.1) is 0 Å². The quantitative estimate of drug-likeness (QED) is 0.655. The SMILES string of the molecule is CC(=O)c1cccc(C)c1Br. The van der Waals surface area contributed by atoms with E-state index in [1.165, 1.54) is 0 Å². The second-order valence-corrected chi connectivity index (χ2v) is 3.29. The van der Waals surface area contributed by atoms with Crippen molar-refractivity contribution in [2.75, 3.05) is 0 Å². The van der Waals surface area contributed by atoms with Gasteiger partial charge in [0.15, 0.2) is 5.78 Å². The van der Waals surface area contributed by atoms with Crippen LogP contribution in [-0.4, -0.2) is 5.78 Å². The Morgan fingerprint density at radius 2 is 2.09 bits per heavy atom. The number of aryl methyl sites for hydroxylation is 1. The largest absolute Gasteiger partial charge is 0.294 e. The van der Waals surface area contributed by atoms with Crippen LogP contribution in [0.2, 0.25) is 0 Å². The van der Waals surface area contributed by atoms with Gasteiger partial charge in [-0.2, -0.15) is 0 Å². The second-order valence-electron chi connectivity index (χ2n) is 2.49. The van der Waals surface area contributed by atoms with E-state index in [1.54, 1.807) is 6.92 Å². The molecule has 11 heavy (non-hydrogen) atoms. The molecule has 0 N–H and O–H groups in total. The average molecular weight is 213 g/mol. The standard InChI is InChI=1S/C9H9BrO/c1-6-4-3-5-8(7(2)11)9(6)10/h3-5H,1-2H3. The number of Topliss-reactive ketones (excluding diaryl/α,β-unsaturated/α-hetero) is 1. The number of benzene rings is 1. The summed E-state index contributed by atoms with van der Waals surface area (Å²) in [5, 5.41) is 0. The fourth-order valence-electron chi connectivity index (χ4n) is 0.919. The molecule has 0 aliphatic heterocycles. The Bertz CT molecular complexity index is 292. The van der Waals surface area contributed by atoms with Gasteiger partial charge in [-0.1, -0.05) is 18.2 Å². The molecule has 0 fully saturated rings. The van der Waals surface area contributed by atoms with Crippen molar-refractivity contribution >= 4 is 21.7 Å². The number of hydrogen-bond donors (Lipinski definition) is 0. The summed E-state index contributed by atoms with van der Waals surface area (Å²) in [6.45, 7) is 3.54. The van der Waals surface area contributed by atoms with E-state index in [0.717, 1.165) is 15.6 Å². The molecule has 0 spiro atoms. The van der Waals surface area contributed by atoms with E-state index in [0.29, 0.717) is 0 Å². The number of rotatable bonds is 1. The molecule has 0 aliphatic carbocycles. The third-order valence-corrected chi connectivity index (χ3v) is 2.62. The minimum Gasteiger partial charge on any atom is -0.294 e. The van der Waals surface area contributed by atoms with E-state index in [-0.39, 0.29) is 5.78 Å². The summed E-state index contributed by atoms with van der Waals surface area (Å²) in [7, 11) is 0. The molecule has 1 nitrogen and oxygen atoms in total. The molecule has 0 amide bonds. The zero-order valence-electron chi connectivity index (χ0n) is 6.52. The Morgan fingerprint density at radius 3 is 2.55 bits per heavy atom. The Hall–Kier alpha value is -0.630. The molecule has 0 radical (unpaired) electrons. The first-order chi connectivity index (χ1) is 5.13. The van der Waals surface area contributed by atoms with E-state index in [4.69, 9.17) is 0 Å². The van der Waals surface area contributed by atoms with E-state index >= 15 is 0 Å². The van der Waals surface area contributed by atoms with Crippen molar-refractivity contribution in [3.05, 3.63) is 33.8 Å². The Balaban J connectivity index is 3.27. The number of ketones is 1. The Labute approximate surface area is 74.6 Å². The number of carbonyl (C=O) groups excluding carboxylic acids is 1. The summed E-state index contributed by atoms with van der Waals surface area (Å²) in [4.78, 5) is 11.0. The van der Waals surface area contributed by atoms with Gasteiger partial charge in [0, 0.05) is 10.0 Å². The molecule has 1 rings (SSSR count). The summed E-state index contributed by atoms with van der Waals surface area (Å²) in [5.41, 5.74) is 1.85. The van der Waals surface area contributed by atoms with Crippen molar-refractivity contribution in [2.24, 2.45) is 0 Å². The maximum atomic E-state index is 11.0. The summed E-state index contributed by atoms with van der Waals surface area (Å²) in [6, 6.07) is 5.67. The number of halogens is 1. The maximum Gasteiger partial charge on any atom is 0.160 e. The molecule has 0 heterocycles. The van der Waals surface area contributed by atoms with Crippen LogP contribution in [0, 0.1) is 6.92 Å². The van der Waals surface area contributed by atoms with Gasteiger partial charge in [0.05, 0.1) is 0 Å². The molecule has 0 saturated heterocycles. The van der Waals surface area contributed by atoms with Gasteiger partial charge in [0.1, 0.15) is 0 Å². The highest BCUT2D eigenvalue weighted by Crippen LogP contribution is 2.20. The molecule has 0 unspecified atom stereocenters. The molecular formula is C9H9BrO. The van der Waals surface area contributed by atoms with E-state index < -0.39 is 0 Å². The van der Waals surface area contributed by atoms with Crippen molar-refractivity contribution in [3.8, 4) is 0 Å². The van der Waals surface area contributed by atoms with Crippen molar-refractivity contribution in [2.45, 2.75) is 13.8 Å². The molecule has 0 aliphatic rings. The smallest absolute Gasteiger partial charge is 0.160 e. The van der Waals surface area contributed by atoms with Crippen LogP contribution in [0.3, 0.4) is 0 Å². The van der Waals surface area contributed by atoms with E-state index in [2.05, 4.69) is 15.9 Å².